The van der Waals surface area contributed by atoms with Crippen molar-refractivity contribution in [1.29, 1.82) is 5.26 Å². The monoisotopic (exact) mass is 299 g/mol. The maximum absolute atomic E-state index is 8.90. The van der Waals surface area contributed by atoms with Crippen molar-refractivity contribution in [2.24, 2.45) is 0 Å². The quantitative estimate of drug-likeness (QED) is 0.778. The van der Waals surface area contributed by atoms with Crippen molar-refractivity contribution < 1.29 is 4.74 Å². The van der Waals surface area contributed by atoms with Crippen LogP contribution in [-0.4, -0.2) is 7.11 Å². The Morgan fingerprint density at radius 1 is 1.56 bits per heavy atom. The van der Waals surface area contributed by atoms with Gasteiger partial charge in [0.25, 0.3) is 0 Å². The number of hydrogen-bond acceptors (Lipinski definition) is 2. The zero-order valence-corrected chi connectivity index (χ0v) is 11.4. The molecule has 2 nitrogen and oxygen atoms in total. The van der Waals surface area contributed by atoms with Crippen molar-refractivity contribution in [3.8, 4) is 11.8 Å². The smallest absolute Gasteiger partial charge is 0.133 e. The molecule has 0 aliphatic heterocycles. The van der Waals surface area contributed by atoms with E-state index >= 15 is 0 Å². The van der Waals surface area contributed by atoms with E-state index in [0.29, 0.717) is 17.0 Å². The van der Waals surface area contributed by atoms with Gasteiger partial charge in [0.15, 0.2) is 0 Å². The molecule has 16 heavy (non-hydrogen) atoms. The van der Waals surface area contributed by atoms with Gasteiger partial charge >= 0.3 is 0 Å². The topological polar surface area (TPSA) is 33.0 Å². The molecular weight excluding hydrogens is 289 g/mol. The molecule has 1 aromatic rings. The second-order valence-electron chi connectivity index (χ2n) is 3.11. The summed E-state index contributed by atoms with van der Waals surface area (Å²) >= 11 is 9.51. The fourth-order valence-corrected chi connectivity index (χ4v) is 2.09. The van der Waals surface area contributed by atoms with Crippen LogP contribution in [0.25, 0.3) is 5.03 Å². The summed E-state index contributed by atoms with van der Waals surface area (Å²) in [5.74, 6) is 0.739. The summed E-state index contributed by atoms with van der Waals surface area (Å²) < 4.78 is 5.94. The van der Waals surface area contributed by atoms with E-state index in [2.05, 4.69) is 22.0 Å². The van der Waals surface area contributed by atoms with E-state index < -0.39 is 0 Å². The van der Waals surface area contributed by atoms with Crippen LogP contribution in [0.3, 0.4) is 0 Å². The van der Waals surface area contributed by atoms with Crippen LogP contribution in [0, 0.1) is 11.3 Å². The average molecular weight is 301 g/mol. The van der Waals surface area contributed by atoms with Crippen LogP contribution in [-0.2, 0) is 0 Å². The molecule has 0 aliphatic carbocycles. The minimum Gasteiger partial charge on any atom is -0.496 e. The van der Waals surface area contributed by atoms with Crippen LogP contribution in [0.2, 0.25) is 0 Å². The number of hydrogen-bond donors (Lipinski definition) is 0. The third-order valence-corrected chi connectivity index (χ3v) is 3.22. The lowest BCUT2D eigenvalue weighted by Crippen LogP contribution is -1.88. The fraction of sp³-hybridized carbons (Fsp3) is 0.250. The van der Waals surface area contributed by atoms with Gasteiger partial charge in [-0.3, -0.25) is 0 Å². The van der Waals surface area contributed by atoms with Crippen LogP contribution in [0.5, 0.6) is 5.75 Å². The lowest BCUT2D eigenvalue weighted by atomic mass is 10.1. The zero-order valence-electron chi connectivity index (χ0n) is 9.05. The van der Waals surface area contributed by atoms with Crippen LogP contribution >= 0.6 is 27.5 Å². The summed E-state index contributed by atoms with van der Waals surface area (Å²) in [4.78, 5) is 0. The van der Waals surface area contributed by atoms with Crippen molar-refractivity contribution >= 4 is 32.6 Å². The molecule has 0 spiro atoms. The first-order valence-corrected chi connectivity index (χ1v) is 5.93. The van der Waals surface area contributed by atoms with E-state index in [-0.39, 0.29) is 0 Å². The van der Waals surface area contributed by atoms with Gasteiger partial charge in [-0.25, -0.2) is 0 Å². The van der Waals surface area contributed by atoms with Crippen LogP contribution in [0.1, 0.15) is 18.9 Å². The Balaban J connectivity index is 3.21. The van der Waals surface area contributed by atoms with Gasteiger partial charge in [0, 0.05) is 5.57 Å². The van der Waals surface area contributed by atoms with Gasteiger partial charge in [-0.1, -0.05) is 18.5 Å². The van der Waals surface area contributed by atoms with E-state index in [1.54, 1.807) is 7.11 Å². The van der Waals surface area contributed by atoms with Gasteiger partial charge in [0.2, 0.25) is 0 Å². The molecular formula is C12H11BrClNO. The first-order chi connectivity index (χ1) is 7.63. The summed E-state index contributed by atoms with van der Waals surface area (Å²) in [6, 6.07) is 7.58. The second-order valence-corrected chi connectivity index (χ2v) is 4.34. The first kappa shape index (κ1) is 13.1. The predicted octanol–water partition coefficient (Wildman–Crippen LogP) is 4.34. The van der Waals surface area contributed by atoms with Gasteiger partial charge in [-0.05, 0) is 46.1 Å². The maximum Gasteiger partial charge on any atom is 0.133 e. The molecule has 0 fully saturated rings. The normalized spacial score (nSPS) is 11.7. The lowest BCUT2D eigenvalue weighted by molar-refractivity contribution is 0.412. The number of methoxy groups -OCH3 is 1. The minimum absolute atomic E-state index is 0.494. The fourth-order valence-electron chi connectivity index (χ4n) is 1.26. The molecule has 0 radical (unpaired) electrons. The third kappa shape index (κ3) is 2.78. The first-order valence-electron chi connectivity index (χ1n) is 4.76. The molecule has 0 amide bonds. The molecule has 0 aromatic heterocycles. The molecule has 0 saturated carbocycles. The molecule has 0 bridgehead atoms. The molecule has 0 N–H and O–H groups in total. The van der Waals surface area contributed by atoms with Crippen molar-refractivity contribution in [3.63, 3.8) is 0 Å². The minimum atomic E-state index is 0.494. The summed E-state index contributed by atoms with van der Waals surface area (Å²) in [6.45, 7) is 1.90. The summed E-state index contributed by atoms with van der Waals surface area (Å²) in [5.41, 5.74) is 1.39. The highest BCUT2D eigenvalue weighted by molar-refractivity contribution is 9.10. The van der Waals surface area contributed by atoms with Crippen molar-refractivity contribution in [2.75, 3.05) is 7.11 Å². The summed E-state index contributed by atoms with van der Waals surface area (Å²) in [5, 5.41) is 9.39. The molecule has 0 unspecified atom stereocenters. The second kappa shape index (κ2) is 5.93. The Labute approximate surface area is 109 Å². The van der Waals surface area contributed by atoms with E-state index in [4.69, 9.17) is 21.6 Å². The van der Waals surface area contributed by atoms with Crippen molar-refractivity contribution in [1.82, 2.24) is 0 Å². The number of nitrogens with zero attached hydrogens (tertiary/aromatic N) is 1. The number of allylic oxidation sites excluding steroid dienone is 1. The van der Waals surface area contributed by atoms with E-state index in [0.717, 1.165) is 15.8 Å². The van der Waals surface area contributed by atoms with Crippen molar-refractivity contribution in [2.45, 2.75) is 13.3 Å². The summed E-state index contributed by atoms with van der Waals surface area (Å²) in [6.07, 6.45) is 0.624. The number of nitriles is 1. The Kier molecular flexibility index (Phi) is 4.85. The Hall–Kier alpha value is -0.980. The van der Waals surface area contributed by atoms with Crippen LogP contribution in [0.15, 0.2) is 28.2 Å². The highest BCUT2D eigenvalue weighted by Crippen LogP contribution is 2.31. The molecule has 0 saturated heterocycles. The number of halogens is 2. The van der Waals surface area contributed by atoms with Crippen molar-refractivity contribution in [3.05, 3.63) is 33.8 Å². The average Bonchev–Trinajstić information content (AvgIpc) is 2.30. The highest BCUT2D eigenvalue weighted by atomic mass is 79.9. The molecule has 1 aromatic carbocycles. The zero-order chi connectivity index (χ0) is 12.1. The lowest BCUT2D eigenvalue weighted by Gasteiger charge is -2.06. The van der Waals surface area contributed by atoms with Gasteiger partial charge in [0.1, 0.15) is 5.75 Å². The molecule has 0 heterocycles. The van der Waals surface area contributed by atoms with Gasteiger partial charge in [-0.15, -0.1) is 0 Å². The standard InChI is InChI=1S/C12H11BrClNO/c1-3-8(7-15)12(14)9-4-5-11(16-2)10(13)6-9/h4-6H,3H2,1-2H3. The molecule has 0 aliphatic rings. The summed E-state index contributed by atoms with van der Waals surface area (Å²) in [7, 11) is 1.60. The maximum atomic E-state index is 8.90. The van der Waals surface area contributed by atoms with E-state index in [1.807, 2.05) is 25.1 Å². The highest BCUT2D eigenvalue weighted by Gasteiger charge is 2.08. The largest absolute Gasteiger partial charge is 0.496 e. The molecule has 1 rings (SSSR count). The third-order valence-electron chi connectivity index (χ3n) is 2.16. The predicted molar refractivity (Wildman–Crippen MR) is 69.4 cm³/mol. The molecule has 0 atom stereocenters. The van der Waals surface area contributed by atoms with Gasteiger partial charge < -0.3 is 4.74 Å². The van der Waals surface area contributed by atoms with Gasteiger partial charge in [0.05, 0.1) is 22.7 Å². The number of benzene rings is 1. The SMILES string of the molecule is CCC(C#N)=C(Cl)c1ccc(OC)c(Br)c1. The molecule has 4 heteroatoms. The number of ether oxygens (including phenoxy) is 1. The van der Waals surface area contributed by atoms with E-state index in [1.165, 1.54) is 0 Å². The van der Waals surface area contributed by atoms with Crippen LogP contribution < -0.4 is 4.74 Å². The Bertz CT molecular complexity index is 463. The molecule has 84 valence electrons. The van der Waals surface area contributed by atoms with Gasteiger partial charge in [-0.2, -0.15) is 5.26 Å². The van der Waals surface area contributed by atoms with Crippen LogP contribution in [0.4, 0.5) is 0 Å². The Morgan fingerprint density at radius 3 is 2.69 bits per heavy atom. The number of rotatable bonds is 3. The Morgan fingerprint density at radius 2 is 2.25 bits per heavy atom. The van der Waals surface area contributed by atoms with E-state index in [9.17, 15) is 0 Å².